The molecule has 0 aliphatic heterocycles. The molecular weight excluding hydrogens is 397 g/mol. The molecule has 30 heavy (non-hydrogen) atoms. The third-order valence-corrected chi connectivity index (χ3v) is 5.55. The van der Waals surface area contributed by atoms with Crippen LogP contribution in [0.5, 0.6) is 0 Å². The molecule has 3 aromatic rings. The predicted octanol–water partition coefficient (Wildman–Crippen LogP) is 3.93. The third kappa shape index (κ3) is 3.48. The van der Waals surface area contributed by atoms with Gasteiger partial charge >= 0.3 is 6.18 Å². The van der Waals surface area contributed by atoms with Gasteiger partial charge < -0.3 is 9.88 Å². The van der Waals surface area contributed by atoms with Crippen molar-refractivity contribution in [3.05, 3.63) is 67.9 Å². The molecule has 0 saturated heterocycles. The molecule has 0 amide bonds. The normalized spacial score (nSPS) is 15.4. The first-order chi connectivity index (χ1) is 14.1. The fourth-order valence-electron chi connectivity index (χ4n) is 3.79. The van der Waals surface area contributed by atoms with Gasteiger partial charge in [-0.3, -0.25) is 9.59 Å². The number of aryl methyl sites for hydroxylation is 1. The molecule has 1 fully saturated rings. The molecule has 1 aliphatic rings. The summed E-state index contributed by atoms with van der Waals surface area (Å²) < 4.78 is 42.6. The second-order valence-electron chi connectivity index (χ2n) is 7.74. The molecular formula is C21H21F3N4O2. The van der Waals surface area contributed by atoms with Gasteiger partial charge in [-0.1, -0.05) is 12.1 Å². The van der Waals surface area contributed by atoms with E-state index in [0.29, 0.717) is 16.8 Å². The number of alkyl halides is 3. The minimum atomic E-state index is -4.44. The summed E-state index contributed by atoms with van der Waals surface area (Å²) in [7, 11) is 1.47. The smallest absolute Gasteiger partial charge is 0.362 e. The van der Waals surface area contributed by atoms with Gasteiger partial charge in [-0.25, -0.2) is 4.68 Å². The van der Waals surface area contributed by atoms with E-state index in [1.165, 1.54) is 26.1 Å². The van der Waals surface area contributed by atoms with Crippen molar-refractivity contribution in [1.82, 2.24) is 14.3 Å². The van der Waals surface area contributed by atoms with Crippen molar-refractivity contribution in [3.8, 4) is 0 Å². The highest BCUT2D eigenvalue weighted by Gasteiger charge is 2.33. The van der Waals surface area contributed by atoms with Crippen molar-refractivity contribution in [3.63, 3.8) is 0 Å². The summed E-state index contributed by atoms with van der Waals surface area (Å²) in [5.41, 5.74) is -0.729. The number of hydrogen-bond donors (Lipinski definition) is 1. The van der Waals surface area contributed by atoms with E-state index in [9.17, 15) is 22.8 Å². The minimum Gasteiger partial charge on any atom is -0.362 e. The standard InChI is InChI=1S/C21H21F3N4O2/c1-11-14(5-4-6-17(11)21(22,23)24)12(2)25-19-16-10-28(13-7-8-13)18(29)9-15(16)20(30)27(3)26-19/h4-6,9-10,12-13H,7-8H2,1-3H3,(H,25,26)/t12-/m1/s1. The second-order valence-corrected chi connectivity index (χ2v) is 7.74. The summed E-state index contributed by atoms with van der Waals surface area (Å²) >= 11 is 0. The maximum atomic E-state index is 13.3. The quantitative estimate of drug-likeness (QED) is 0.697. The van der Waals surface area contributed by atoms with Gasteiger partial charge in [0.25, 0.3) is 11.1 Å². The number of aromatic nitrogens is 3. The van der Waals surface area contributed by atoms with Crippen molar-refractivity contribution in [2.45, 2.75) is 44.9 Å². The molecule has 9 heteroatoms. The number of nitrogens with one attached hydrogen (secondary N) is 1. The Hall–Kier alpha value is -3.10. The summed E-state index contributed by atoms with van der Waals surface area (Å²) in [6.45, 7) is 3.17. The monoisotopic (exact) mass is 418 g/mol. The Morgan fingerprint density at radius 1 is 1.20 bits per heavy atom. The molecule has 0 unspecified atom stereocenters. The van der Waals surface area contributed by atoms with Crippen LogP contribution in [0.1, 0.15) is 48.5 Å². The summed E-state index contributed by atoms with van der Waals surface area (Å²) in [6, 6.07) is 4.97. The fourth-order valence-corrected chi connectivity index (χ4v) is 3.79. The minimum absolute atomic E-state index is 0.113. The second kappa shape index (κ2) is 7.00. The lowest BCUT2D eigenvalue weighted by molar-refractivity contribution is -0.138. The van der Waals surface area contributed by atoms with Gasteiger partial charge in [0.1, 0.15) is 0 Å². The molecule has 1 N–H and O–H groups in total. The first-order valence-electron chi connectivity index (χ1n) is 9.64. The van der Waals surface area contributed by atoms with Crippen molar-refractivity contribution in [2.24, 2.45) is 7.05 Å². The van der Waals surface area contributed by atoms with Gasteiger partial charge in [-0.2, -0.15) is 18.3 Å². The Labute approximate surface area is 170 Å². The number of benzene rings is 1. The van der Waals surface area contributed by atoms with E-state index in [1.807, 2.05) is 0 Å². The Morgan fingerprint density at radius 2 is 1.90 bits per heavy atom. The number of nitrogens with zero attached hydrogens (tertiary/aromatic N) is 3. The summed E-state index contributed by atoms with van der Waals surface area (Å²) in [5.74, 6) is 0.339. The van der Waals surface area contributed by atoms with E-state index in [0.717, 1.165) is 23.6 Å². The van der Waals surface area contributed by atoms with Gasteiger partial charge in [-0.05, 0) is 43.9 Å². The van der Waals surface area contributed by atoms with E-state index in [2.05, 4.69) is 10.4 Å². The van der Waals surface area contributed by atoms with E-state index in [4.69, 9.17) is 0 Å². The van der Waals surface area contributed by atoms with Crippen LogP contribution in [0, 0.1) is 6.92 Å². The van der Waals surface area contributed by atoms with Crippen LogP contribution < -0.4 is 16.4 Å². The first kappa shape index (κ1) is 20.2. The van der Waals surface area contributed by atoms with Crippen LogP contribution in [0.25, 0.3) is 10.8 Å². The number of rotatable bonds is 4. The number of hydrogen-bond acceptors (Lipinski definition) is 4. The Bertz CT molecular complexity index is 1260. The van der Waals surface area contributed by atoms with Gasteiger partial charge in [0.05, 0.1) is 17.0 Å². The lowest BCUT2D eigenvalue weighted by Crippen LogP contribution is -2.26. The van der Waals surface area contributed by atoms with E-state index in [1.54, 1.807) is 23.8 Å². The molecule has 1 aromatic carbocycles. The van der Waals surface area contributed by atoms with Gasteiger partial charge in [0.15, 0.2) is 5.82 Å². The molecule has 2 aromatic heterocycles. The SMILES string of the molecule is Cc1c([C@@H](C)Nc2nn(C)c(=O)c3cc(=O)n(C4CC4)cc23)cccc1C(F)(F)F. The highest BCUT2D eigenvalue weighted by molar-refractivity contribution is 5.90. The molecule has 1 atom stereocenters. The molecule has 0 spiro atoms. The topological polar surface area (TPSA) is 68.9 Å². The zero-order chi connectivity index (χ0) is 21.8. The maximum Gasteiger partial charge on any atom is 0.416 e. The van der Waals surface area contributed by atoms with E-state index >= 15 is 0 Å². The van der Waals surface area contributed by atoms with Gasteiger partial charge in [-0.15, -0.1) is 0 Å². The molecule has 4 rings (SSSR count). The van der Waals surface area contributed by atoms with E-state index in [-0.39, 0.29) is 22.6 Å². The largest absolute Gasteiger partial charge is 0.416 e. The fraction of sp³-hybridized carbons (Fsp3) is 0.381. The van der Waals surface area contributed by atoms with Crippen LogP contribution in [0.4, 0.5) is 19.0 Å². The zero-order valence-corrected chi connectivity index (χ0v) is 16.7. The average molecular weight is 418 g/mol. The Morgan fingerprint density at radius 3 is 2.53 bits per heavy atom. The zero-order valence-electron chi connectivity index (χ0n) is 16.7. The molecule has 1 aliphatic carbocycles. The lowest BCUT2D eigenvalue weighted by atomic mass is 9.97. The lowest BCUT2D eigenvalue weighted by Gasteiger charge is -2.21. The highest BCUT2D eigenvalue weighted by Crippen LogP contribution is 2.36. The molecule has 6 nitrogen and oxygen atoms in total. The molecule has 0 radical (unpaired) electrons. The van der Waals surface area contributed by atoms with Gasteiger partial charge in [0.2, 0.25) is 0 Å². The van der Waals surface area contributed by atoms with E-state index < -0.39 is 23.3 Å². The molecule has 2 heterocycles. The first-order valence-corrected chi connectivity index (χ1v) is 9.64. The van der Waals surface area contributed by atoms with Crippen LogP contribution in [-0.2, 0) is 13.2 Å². The van der Waals surface area contributed by atoms with Crippen molar-refractivity contribution in [2.75, 3.05) is 5.32 Å². The third-order valence-electron chi connectivity index (χ3n) is 5.55. The highest BCUT2D eigenvalue weighted by atomic mass is 19.4. The summed E-state index contributed by atoms with van der Waals surface area (Å²) in [6.07, 6.45) is -1.03. The average Bonchev–Trinajstić information content (AvgIpc) is 3.49. The summed E-state index contributed by atoms with van der Waals surface area (Å²) in [4.78, 5) is 24.9. The predicted molar refractivity (Wildman–Crippen MR) is 108 cm³/mol. The van der Waals surface area contributed by atoms with Crippen molar-refractivity contribution < 1.29 is 13.2 Å². The molecule has 1 saturated carbocycles. The Kier molecular flexibility index (Phi) is 4.71. The number of anilines is 1. The molecule has 0 bridgehead atoms. The van der Waals surface area contributed by atoms with Crippen molar-refractivity contribution >= 4 is 16.6 Å². The van der Waals surface area contributed by atoms with Crippen LogP contribution in [0.15, 0.2) is 40.1 Å². The van der Waals surface area contributed by atoms with Crippen LogP contribution in [0.2, 0.25) is 0 Å². The van der Waals surface area contributed by atoms with Crippen LogP contribution in [0.3, 0.4) is 0 Å². The van der Waals surface area contributed by atoms with Crippen LogP contribution in [-0.4, -0.2) is 14.3 Å². The summed E-state index contributed by atoms with van der Waals surface area (Å²) in [5, 5.41) is 8.11. The van der Waals surface area contributed by atoms with Crippen LogP contribution >= 0.6 is 0 Å². The number of fused-ring (bicyclic) bond motifs is 1. The van der Waals surface area contributed by atoms with Crippen molar-refractivity contribution in [1.29, 1.82) is 0 Å². The number of pyridine rings is 1. The maximum absolute atomic E-state index is 13.3. The molecule has 158 valence electrons. The van der Waals surface area contributed by atoms with Gasteiger partial charge in [0, 0.05) is 30.7 Å². The Balaban J connectivity index is 1.81. The number of halogens is 3.